The second kappa shape index (κ2) is 19.2. The molecule has 14 heteroatoms. The first-order chi connectivity index (χ1) is 21.5. The molecule has 14 nitrogen and oxygen atoms in total. The van der Waals surface area contributed by atoms with Gasteiger partial charge in [0.2, 0.25) is 0 Å². The van der Waals surface area contributed by atoms with Crippen LogP contribution in [0.5, 0.6) is 0 Å². The number of amides is 2. The molecule has 4 rings (SSSR count). The summed E-state index contributed by atoms with van der Waals surface area (Å²) >= 11 is 0. The predicted octanol–water partition coefficient (Wildman–Crippen LogP) is 2.23. The van der Waals surface area contributed by atoms with Gasteiger partial charge in [-0.05, 0) is 105 Å². The summed E-state index contributed by atoms with van der Waals surface area (Å²) in [6.07, 6.45) is 4.91. The summed E-state index contributed by atoms with van der Waals surface area (Å²) < 4.78 is 10.8. The minimum Gasteiger partial charge on any atom is -0.473 e. The average Bonchev–Trinajstić information content (AvgIpc) is 2.98. The lowest BCUT2D eigenvalue weighted by molar-refractivity contribution is -0.159. The lowest BCUT2D eigenvalue weighted by Gasteiger charge is -2.37. The van der Waals surface area contributed by atoms with Crippen molar-refractivity contribution >= 4 is 24.1 Å². The number of hydrogen-bond donors (Lipinski definition) is 4. The molecule has 0 bridgehead atoms. The van der Waals surface area contributed by atoms with Gasteiger partial charge in [-0.15, -0.1) is 0 Å². The largest absolute Gasteiger partial charge is 0.473 e. The molecular weight excluding hydrogens is 596 g/mol. The van der Waals surface area contributed by atoms with Crippen LogP contribution in [-0.2, 0) is 19.1 Å². The first-order valence-electron chi connectivity index (χ1n) is 16.8. The van der Waals surface area contributed by atoms with Crippen molar-refractivity contribution in [3.05, 3.63) is 0 Å². The third-order valence-electron chi connectivity index (χ3n) is 8.06. The number of carbonyl (C=O) groups excluding carboxylic acids is 2. The van der Waals surface area contributed by atoms with Crippen molar-refractivity contribution < 1.29 is 38.9 Å². The number of carboxylic acid groups (broad SMARTS) is 2. The molecule has 4 aliphatic rings. The zero-order valence-corrected chi connectivity index (χ0v) is 29.0. The maximum atomic E-state index is 12.0. The monoisotopic (exact) mass is 656 g/mol. The lowest BCUT2D eigenvalue weighted by atomic mass is 9.99. The average molecular weight is 657 g/mol. The number of rotatable bonds is 4. The van der Waals surface area contributed by atoms with Crippen LogP contribution in [0.4, 0.5) is 9.59 Å². The number of ether oxygens (including phenoxy) is 2. The zero-order valence-electron chi connectivity index (χ0n) is 29.0. The van der Waals surface area contributed by atoms with Gasteiger partial charge in [-0.1, -0.05) is 0 Å². The van der Waals surface area contributed by atoms with E-state index in [1.165, 1.54) is 38.8 Å². The first kappa shape index (κ1) is 39.5. The first-order valence-corrected chi connectivity index (χ1v) is 16.8. The molecular formula is C32H60N6O8. The quantitative estimate of drug-likeness (QED) is 0.327. The minimum atomic E-state index is -1.82. The van der Waals surface area contributed by atoms with Crippen molar-refractivity contribution in [1.29, 1.82) is 0 Å². The molecule has 46 heavy (non-hydrogen) atoms. The number of nitrogens with zero attached hydrogens (tertiary/aromatic N) is 4. The Morgan fingerprint density at radius 3 is 1.17 bits per heavy atom. The van der Waals surface area contributed by atoms with Crippen LogP contribution < -0.4 is 10.6 Å². The van der Waals surface area contributed by atoms with E-state index in [1.54, 1.807) is 0 Å². The van der Waals surface area contributed by atoms with Gasteiger partial charge in [-0.25, -0.2) is 19.2 Å². The summed E-state index contributed by atoms with van der Waals surface area (Å²) in [6, 6.07) is 0. The highest BCUT2D eigenvalue weighted by molar-refractivity contribution is 6.27. The zero-order chi connectivity index (χ0) is 34.3. The van der Waals surface area contributed by atoms with Crippen molar-refractivity contribution in [2.75, 3.05) is 91.6 Å². The maximum absolute atomic E-state index is 12.0. The molecule has 0 radical (unpaired) electrons. The fourth-order valence-electron chi connectivity index (χ4n) is 5.77. The summed E-state index contributed by atoms with van der Waals surface area (Å²) in [7, 11) is 0. The van der Waals surface area contributed by atoms with E-state index in [0.29, 0.717) is 0 Å². The van der Waals surface area contributed by atoms with Gasteiger partial charge in [0.05, 0.1) is 0 Å². The Morgan fingerprint density at radius 1 is 0.609 bits per heavy atom. The van der Waals surface area contributed by atoms with Gasteiger partial charge in [0.1, 0.15) is 11.2 Å². The van der Waals surface area contributed by atoms with E-state index in [4.69, 9.17) is 29.3 Å². The Hall–Kier alpha value is -2.68. The van der Waals surface area contributed by atoms with Crippen LogP contribution in [0.25, 0.3) is 0 Å². The minimum absolute atomic E-state index is 0.170. The van der Waals surface area contributed by atoms with E-state index in [0.717, 1.165) is 90.4 Å². The second-order valence-electron chi connectivity index (χ2n) is 14.6. The molecule has 0 aromatic heterocycles. The number of carbonyl (C=O) groups is 4. The molecule has 2 atom stereocenters. The predicted molar refractivity (Wildman–Crippen MR) is 175 cm³/mol. The van der Waals surface area contributed by atoms with Gasteiger partial charge in [-0.2, -0.15) is 0 Å². The molecule has 4 N–H and O–H groups in total. The van der Waals surface area contributed by atoms with Crippen LogP contribution in [0, 0.1) is 11.8 Å². The highest BCUT2D eigenvalue weighted by Gasteiger charge is 2.28. The fourth-order valence-corrected chi connectivity index (χ4v) is 5.77. The molecule has 2 unspecified atom stereocenters. The van der Waals surface area contributed by atoms with Gasteiger partial charge < -0.3 is 40.1 Å². The molecule has 4 heterocycles. The van der Waals surface area contributed by atoms with Crippen molar-refractivity contribution in [3.63, 3.8) is 0 Å². The molecule has 4 fully saturated rings. The molecule has 0 aromatic carbocycles. The van der Waals surface area contributed by atoms with Crippen LogP contribution in [-0.4, -0.2) is 157 Å². The second-order valence-corrected chi connectivity index (χ2v) is 14.6. The lowest BCUT2D eigenvalue weighted by Crippen LogP contribution is -2.51. The number of hydrogen-bond acceptors (Lipinski definition) is 10. The SMILES string of the molecule is CC(C)(C)OC(=O)N1CCN(CC2CCCNC2)CC1.CC(C)(C)OC(=O)N1CCN(CC2CCCNC2)CC1.O=C(O)C(=O)O. The van der Waals surface area contributed by atoms with E-state index in [2.05, 4.69) is 20.4 Å². The summed E-state index contributed by atoms with van der Waals surface area (Å²) in [5.74, 6) is -2.10. The van der Waals surface area contributed by atoms with Crippen LogP contribution in [0.3, 0.4) is 0 Å². The van der Waals surface area contributed by atoms with Crippen molar-refractivity contribution in [2.24, 2.45) is 11.8 Å². The number of nitrogens with one attached hydrogen (secondary N) is 2. The normalized spacial score (nSPS) is 23.2. The van der Waals surface area contributed by atoms with E-state index < -0.39 is 23.1 Å². The van der Waals surface area contributed by atoms with Gasteiger partial charge in [0.25, 0.3) is 0 Å². The highest BCUT2D eigenvalue weighted by atomic mass is 16.6. The summed E-state index contributed by atoms with van der Waals surface area (Å²) in [4.78, 5) is 50.8. The standard InChI is InChI=1S/2C15H29N3O2.C2H2O4/c2*1-15(2,3)20-14(19)18-9-7-17(8-10-18)12-13-5-4-6-16-11-13;3-1(4)2(5)6/h2*13,16H,4-12H2,1-3H3;(H,3,4)(H,5,6). The molecule has 2 amide bonds. The van der Waals surface area contributed by atoms with Crippen LogP contribution in [0.1, 0.15) is 67.2 Å². The Morgan fingerprint density at radius 2 is 0.935 bits per heavy atom. The van der Waals surface area contributed by atoms with E-state index in [-0.39, 0.29) is 12.2 Å². The van der Waals surface area contributed by atoms with E-state index in [9.17, 15) is 9.59 Å². The van der Waals surface area contributed by atoms with Gasteiger partial charge in [0.15, 0.2) is 0 Å². The molecule has 0 aliphatic carbocycles. The number of piperazine rings is 2. The number of aliphatic carboxylic acids is 2. The van der Waals surface area contributed by atoms with Gasteiger partial charge >= 0.3 is 24.1 Å². The number of piperidine rings is 2. The van der Waals surface area contributed by atoms with Crippen molar-refractivity contribution in [1.82, 2.24) is 30.2 Å². The Kier molecular flexibility index (Phi) is 16.5. The Bertz CT molecular complexity index is 865. The topological polar surface area (TPSA) is 164 Å². The van der Waals surface area contributed by atoms with Crippen molar-refractivity contribution in [3.8, 4) is 0 Å². The molecule has 266 valence electrons. The Labute approximate surface area is 275 Å². The summed E-state index contributed by atoms with van der Waals surface area (Å²) in [5.41, 5.74) is -0.802. The van der Waals surface area contributed by atoms with Gasteiger partial charge in [-0.3, -0.25) is 9.80 Å². The third-order valence-corrected chi connectivity index (χ3v) is 8.06. The molecule has 4 saturated heterocycles. The maximum Gasteiger partial charge on any atom is 0.414 e. The molecule has 0 saturated carbocycles. The van der Waals surface area contributed by atoms with Crippen LogP contribution in [0.2, 0.25) is 0 Å². The van der Waals surface area contributed by atoms with Crippen molar-refractivity contribution in [2.45, 2.75) is 78.4 Å². The highest BCUT2D eigenvalue weighted by Crippen LogP contribution is 2.17. The molecule has 4 aliphatic heterocycles. The van der Waals surface area contributed by atoms with Crippen LogP contribution in [0.15, 0.2) is 0 Å². The van der Waals surface area contributed by atoms with Gasteiger partial charge in [0, 0.05) is 65.4 Å². The fraction of sp³-hybridized carbons (Fsp3) is 0.875. The molecule has 0 spiro atoms. The summed E-state index contributed by atoms with van der Waals surface area (Å²) in [6.45, 7) is 25.5. The number of carboxylic acids is 2. The summed E-state index contributed by atoms with van der Waals surface area (Å²) in [5, 5.41) is 21.7. The van der Waals surface area contributed by atoms with E-state index >= 15 is 0 Å². The Balaban J connectivity index is 0.000000273. The van der Waals surface area contributed by atoms with E-state index in [1.807, 2.05) is 51.3 Å². The molecule has 0 aromatic rings. The smallest absolute Gasteiger partial charge is 0.414 e. The third kappa shape index (κ3) is 16.8. The van der Waals surface area contributed by atoms with Crippen LogP contribution >= 0.6 is 0 Å².